The average molecular weight is 278 g/mol. The van der Waals surface area contributed by atoms with E-state index in [1.807, 2.05) is 6.92 Å². The molecule has 1 N–H and O–H groups in total. The number of nitro benzene ring substituents is 1. The fourth-order valence-corrected chi connectivity index (χ4v) is 2.88. The molecular weight excluding hydrogens is 256 g/mol. The highest BCUT2D eigenvalue weighted by atomic mass is 16.6. The Hall–Kier alpha value is -1.78. The fraction of sp³-hybridized carbons (Fsp3) is 0.600. The maximum absolute atomic E-state index is 11.3. The molecule has 110 valence electrons. The molecule has 0 spiro atoms. The molecule has 1 aromatic carbocycles. The predicted octanol–water partition coefficient (Wildman–Crippen LogP) is 3.98. The molecule has 0 aromatic heterocycles. The first-order valence-electron chi connectivity index (χ1n) is 7.12. The first-order chi connectivity index (χ1) is 9.45. The van der Waals surface area contributed by atoms with Crippen LogP contribution < -0.4 is 10.1 Å². The smallest absolute Gasteiger partial charge is 0.333 e. The summed E-state index contributed by atoms with van der Waals surface area (Å²) in [7, 11) is 0. The monoisotopic (exact) mass is 278 g/mol. The van der Waals surface area contributed by atoms with Crippen LogP contribution >= 0.6 is 0 Å². The molecule has 0 amide bonds. The molecule has 0 aliphatic heterocycles. The van der Waals surface area contributed by atoms with Crippen molar-refractivity contribution in [2.24, 2.45) is 5.41 Å². The molecule has 0 bridgehead atoms. The molecule has 5 nitrogen and oxygen atoms in total. The highest BCUT2D eigenvalue weighted by molar-refractivity contribution is 5.69. The third-order valence-corrected chi connectivity index (χ3v) is 4.07. The zero-order valence-electron chi connectivity index (χ0n) is 12.3. The third-order valence-electron chi connectivity index (χ3n) is 4.07. The van der Waals surface area contributed by atoms with Crippen molar-refractivity contribution in [3.8, 4) is 5.75 Å². The van der Waals surface area contributed by atoms with Crippen molar-refractivity contribution in [2.45, 2.75) is 46.1 Å². The van der Waals surface area contributed by atoms with Gasteiger partial charge in [0.15, 0.2) is 5.75 Å². The number of nitrogens with zero attached hydrogens (tertiary/aromatic N) is 1. The molecule has 5 heteroatoms. The van der Waals surface area contributed by atoms with Crippen molar-refractivity contribution < 1.29 is 9.66 Å². The summed E-state index contributed by atoms with van der Waals surface area (Å²) in [4.78, 5) is 11.0. The summed E-state index contributed by atoms with van der Waals surface area (Å²) in [5.41, 5.74) is 0.758. The molecule has 1 aromatic rings. The van der Waals surface area contributed by atoms with Gasteiger partial charge in [-0.15, -0.1) is 0 Å². The van der Waals surface area contributed by atoms with Crippen molar-refractivity contribution in [1.82, 2.24) is 0 Å². The van der Waals surface area contributed by atoms with Crippen molar-refractivity contribution in [2.75, 3.05) is 11.9 Å². The van der Waals surface area contributed by atoms with Gasteiger partial charge >= 0.3 is 5.69 Å². The minimum atomic E-state index is -0.366. The number of nitrogens with one attached hydrogen (secondary N) is 1. The maximum Gasteiger partial charge on any atom is 0.333 e. The van der Waals surface area contributed by atoms with E-state index in [2.05, 4.69) is 19.2 Å². The van der Waals surface area contributed by atoms with Crippen LogP contribution in [0.3, 0.4) is 0 Å². The lowest BCUT2D eigenvalue weighted by Crippen LogP contribution is -2.31. The van der Waals surface area contributed by atoms with E-state index in [0.717, 1.165) is 19.3 Å². The molecule has 1 aliphatic carbocycles. The molecule has 1 fully saturated rings. The van der Waals surface area contributed by atoms with Gasteiger partial charge in [-0.3, -0.25) is 10.1 Å². The standard InChI is InChI=1S/C15H22N2O3/c1-4-20-12-8-5-7-11(14(12)17(18)19)16-13-9-6-10-15(13,2)3/h5,7-8,13,16H,4,6,9-10H2,1-3H3. The first-order valence-corrected chi connectivity index (χ1v) is 7.12. The maximum atomic E-state index is 11.3. The van der Waals surface area contributed by atoms with E-state index in [9.17, 15) is 10.1 Å². The number of anilines is 1. The molecule has 2 rings (SSSR count). The minimum Gasteiger partial charge on any atom is -0.487 e. The summed E-state index contributed by atoms with van der Waals surface area (Å²) in [6, 6.07) is 5.46. The Labute approximate surface area is 119 Å². The van der Waals surface area contributed by atoms with E-state index in [0.29, 0.717) is 18.0 Å². The Bertz CT molecular complexity index is 500. The number of nitro groups is 1. The van der Waals surface area contributed by atoms with Gasteiger partial charge in [0.25, 0.3) is 0 Å². The summed E-state index contributed by atoms with van der Waals surface area (Å²) >= 11 is 0. The average Bonchev–Trinajstić information content (AvgIpc) is 2.69. The van der Waals surface area contributed by atoms with Crippen molar-refractivity contribution in [1.29, 1.82) is 0 Å². The molecule has 1 atom stereocenters. The van der Waals surface area contributed by atoms with Gasteiger partial charge in [-0.25, -0.2) is 0 Å². The lowest BCUT2D eigenvalue weighted by molar-refractivity contribution is -0.385. The Morgan fingerprint density at radius 3 is 2.80 bits per heavy atom. The van der Waals surface area contributed by atoms with Gasteiger partial charge in [-0.05, 0) is 37.3 Å². The largest absolute Gasteiger partial charge is 0.487 e. The summed E-state index contributed by atoms with van der Waals surface area (Å²) in [5.74, 6) is 0.332. The minimum absolute atomic E-state index is 0.0389. The second-order valence-corrected chi connectivity index (χ2v) is 5.92. The lowest BCUT2D eigenvalue weighted by Gasteiger charge is -2.28. The number of para-hydroxylation sites is 1. The zero-order chi connectivity index (χ0) is 14.8. The quantitative estimate of drug-likeness (QED) is 0.653. The highest BCUT2D eigenvalue weighted by Gasteiger charge is 2.35. The second kappa shape index (κ2) is 5.69. The van der Waals surface area contributed by atoms with E-state index < -0.39 is 0 Å². The summed E-state index contributed by atoms with van der Waals surface area (Å²) in [6.45, 7) is 6.65. The van der Waals surface area contributed by atoms with Crippen LogP contribution in [0.2, 0.25) is 0 Å². The first kappa shape index (κ1) is 14.6. The number of rotatable bonds is 5. The SMILES string of the molecule is CCOc1cccc(NC2CCCC2(C)C)c1[N+](=O)[O-]. The molecule has 1 saturated carbocycles. The number of hydrogen-bond acceptors (Lipinski definition) is 4. The lowest BCUT2D eigenvalue weighted by atomic mass is 9.87. The van der Waals surface area contributed by atoms with Gasteiger partial charge in [0.05, 0.1) is 11.5 Å². The van der Waals surface area contributed by atoms with Crippen LogP contribution in [-0.2, 0) is 0 Å². The van der Waals surface area contributed by atoms with Gasteiger partial charge in [-0.2, -0.15) is 0 Å². The molecule has 1 unspecified atom stereocenters. The summed E-state index contributed by atoms with van der Waals surface area (Å²) < 4.78 is 5.37. The topological polar surface area (TPSA) is 64.4 Å². The molecular formula is C15H22N2O3. The van der Waals surface area contributed by atoms with Gasteiger partial charge in [0, 0.05) is 6.04 Å². The summed E-state index contributed by atoms with van der Waals surface area (Å²) in [6.07, 6.45) is 3.34. The second-order valence-electron chi connectivity index (χ2n) is 5.92. The predicted molar refractivity (Wildman–Crippen MR) is 79.3 cm³/mol. The Kier molecular flexibility index (Phi) is 4.16. The van der Waals surface area contributed by atoms with Crippen LogP contribution in [0.5, 0.6) is 5.75 Å². The van der Waals surface area contributed by atoms with Crippen LogP contribution in [0.25, 0.3) is 0 Å². The van der Waals surface area contributed by atoms with Gasteiger partial charge in [0.1, 0.15) is 5.69 Å². The van der Waals surface area contributed by atoms with Crippen LogP contribution in [0.1, 0.15) is 40.0 Å². The van der Waals surface area contributed by atoms with Crippen LogP contribution in [0.15, 0.2) is 18.2 Å². The van der Waals surface area contributed by atoms with Crippen LogP contribution in [-0.4, -0.2) is 17.6 Å². The van der Waals surface area contributed by atoms with E-state index in [1.165, 1.54) is 0 Å². The summed E-state index contributed by atoms with van der Waals surface area (Å²) in [5, 5.41) is 14.7. The van der Waals surface area contributed by atoms with Gasteiger partial charge in [-0.1, -0.05) is 26.3 Å². The van der Waals surface area contributed by atoms with Crippen LogP contribution in [0.4, 0.5) is 11.4 Å². The zero-order valence-corrected chi connectivity index (χ0v) is 12.3. The van der Waals surface area contributed by atoms with Gasteiger partial charge < -0.3 is 10.1 Å². The Balaban J connectivity index is 2.31. The molecule has 1 aliphatic rings. The molecule has 0 radical (unpaired) electrons. The van der Waals surface area contributed by atoms with Gasteiger partial charge in [0.2, 0.25) is 0 Å². The third kappa shape index (κ3) is 2.86. The number of hydrogen-bond donors (Lipinski definition) is 1. The highest BCUT2D eigenvalue weighted by Crippen LogP contribution is 2.42. The van der Waals surface area contributed by atoms with E-state index >= 15 is 0 Å². The van der Waals surface area contributed by atoms with E-state index in [1.54, 1.807) is 18.2 Å². The fourth-order valence-electron chi connectivity index (χ4n) is 2.88. The Morgan fingerprint density at radius 1 is 1.50 bits per heavy atom. The van der Waals surface area contributed by atoms with Crippen LogP contribution in [0, 0.1) is 15.5 Å². The van der Waals surface area contributed by atoms with E-state index in [-0.39, 0.29) is 22.1 Å². The van der Waals surface area contributed by atoms with E-state index in [4.69, 9.17) is 4.74 Å². The van der Waals surface area contributed by atoms with Crippen molar-refractivity contribution >= 4 is 11.4 Å². The molecule has 20 heavy (non-hydrogen) atoms. The molecule has 0 saturated heterocycles. The molecule has 0 heterocycles. The van der Waals surface area contributed by atoms with Crippen molar-refractivity contribution in [3.63, 3.8) is 0 Å². The number of benzene rings is 1. The normalized spacial score (nSPS) is 20.6. The Morgan fingerprint density at radius 2 is 2.25 bits per heavy atom. The van der Waals surface area contributed by atoms with Crippen molar-refractivity contribution in [3.05, 3.63) is 28.3 Å². The number of ether oxygens (including phenoxy) is 1.